The van der Waals surface area contributed by atoms with Crippen molar-refractivity contribution in [2.75, 3.05) is 36.8 Å². The van der Waals surface area contributed by atoms with Crippen molar-refractivity contribution in [3.8, 4) is 0 Å². The van der Waals surface area contributed by atoms with E-state index in [0.717, 1.165) is 0 Å². The van der Waals surface area contributed by atoms with Gasteiger partial charge >= 0.3 is 11.8 Å². The van der Waals surface area contributed by atoms with E-state index in [1.54, 1.807) is 6.92 Å². The van der Waals surface area contributed by atoms with Gasteiger partial charge in [-0.1, -0.05) is 0 Å². The Morgan fingerprint density at radius 3 is 2.72 bits per heavy atom. The first-order valence-electron chi connectivity index (χ1n) is 7.22. The third kappa shape index (κ3) is 5.76. The van der Waals surface area contributed by atoms with Crippen LogP contribution in [0.2, 0.25) is 0 Å². The number of pyridine rings is 1. The first-order chi connectivity index (χ1) is 11.8. The molecular formula is C13H20N6O6. The van der Waals surface area contributed by atoms with E-state index in [-0.39, 0.29) is 24.8 Å². The first kappa shape index (κ1) is 19.9. The maximum absolute atomic E-state index is 11.9. The molecule has 2 amide bonds. The van der Waals surface area contributed by atoms with Gasteiger partial charge in [0.1, 0.15) is 24.3 Å². The van der Waals surface area contributed by atoms with Crippen molar-refractivity contribution >= 4 is 35.0 Å². The largest absolute Gasteiger partial charge is 0.450 e. The molecule has 5 N–H and O–H groups in total. The lowest BCUT2D eigenvalue weighted by atomic mass is 10.2. The van der Waals surface area contributed by atoms with Crippen molar-refractivity contribution < 1.29 is 24.0 Å². The molecule has 0 aromatic carbocycles. The number of anilines is 3. The van der Waals surface area contributed by atoms with Gasteiger partial charge in [-0.15, -0.1) is 0 Å². The Labute approximate surface area is 143 Å². The number of nitrogens with zero attached hydrogens (tertiary/aromatic N) is 2. The average molecular weight is 356 g/mol. The number of amides is 2. The van der Waals surface area contributed by atoms with Crippen LogP contribution in [0.5, 0.6) is 0 Å². The van der Waals surface area contributed by atoms with Crippen molar-refractivity contribution in [1.82, 2.24) is 10.3 Å². The van der Waals surface area contributed by atoms with Crippen LogP contribution < -0.4 is 21.7 Å². The Morgan fingerprint density at radius 1 is 1.48 bits per heavy atom. The highest BCUT2D eigenvalue weighted by Crippen LogP contribution is 2.32. The minimum absolute atomic E-state index is 0.0128. The number of carbonyl (C=O) groups is 2. The molecule has 0 spiro atoms. The third-order valence-corrected chi connectivity index (χ3v) is 2.86. The molecule has 1 aromatic heterocycles. The molecule has 12 heteroatoms. The van der Waals surface area contributed by atoms with Gasteiger partial charge in [-0.05, 0) is 13.8 Å². The van der Waals surface area contributed by atoms with Crippen molar-refractivity contribution in [1.29, 1.82) is 0 Å². The van der Waals surface area contributed by atoms with Crippen molar-refractivity contribution in [3.63, 3.8) is 0 Å². The Balaban J connectivity index is 3.08. The van der Waals surface area contributed by atoms with Crippen LogP contribution in [0.3, 0.4) is 0 Å². The zero-order valence-corrected chi connectivity index (χ0v) is 14.0. The highest BCUT2D eigenvalue weighted by Gasteiger charge is 2.24. The lowest BCUT2D eigenvalue weighted by Crippen LogP contribution is -2.38. The summed E-state index contributed by atoms with van der Waals surface area (Å²) in [6.45, 7) is 3.23. The number of aromatic nitrogens is 1. The molecule has 1 aromatic rings. The number of nitrogen functional groups attached to an aromatic ring is 1. The van der Waals surface area contributed by atoms with Crippen LogP contribution in [0.1, 0.15) is 13.8 Å². The molecule has 0 aliphatic rings. The summed E-state index contributed by atoms with van der Waals surface area (Å²) < 4.78 is 9.42. The minimum Gasteiger partial charge on any atom is -0.450 e. The van der Waals surface area contributed by atoms with Crippen molar-refractivity contribution in [2.45, 2.75) is 19.9 Å². The molecule has 0 radical (unpaired) electrons. The zero-order valence-electron chi connectivity index (χ0n) is 14.0. The standard InChI is InChI=1S/C13H20N6O6/c1-4-25-13(21)18-9-5-8(10(19(22)23)11(14)17-9)16-7(2)12(20)15-6-24-3/h5,7H,4,6H2,1-3H3,(H,15,20)(H4,14,16,17,18,21)/t7-/m0/s1. The number of nitrogens with one attached hydrogen (secondary N) is 3. The Bertz CT molecular complexity index is 652. The van der Waals surface area contributed by atoms with Crippen molar-refractivity contribution in [3.05, 3.63) is 16.2 Å². The summed E-state index contributed by atoms with van der Waals surface area (Å²) in [7, 11) is 1.40. The van der Waals surface area contributed by atoms with E-state index in [4.69, 9.17) is 15.2 Å². The van der Waals surface area contributed by atoms with Crippen LogP contribution >= 0.6 is 0 Å². The first-order valence-corrected chi connectivity index (χ1v) is 7.22. The number of nitrogens with two attached hydrogens (primary N) is 1. The molecule has 0 saturated heterocycles. The van der Waals surface area contributed by atoms with Crippen molar-refractivity contribution in [2.24, 2.45) is 0 Å². The zero-order chi connectivity index (χ0) is 19.0. The van der Waals surface area contributed by atoms with Crippen LogP contribution in [0.25, 0.3) is 0 Å². The Morgan fingerprint density at radius 2 is 2.16 bits per heavy atom. The summed E-state index contributed by atoms with van der Waals surface area (Å²) in [4.78, 5) is 37.5. The van der Waals surface area contributed by atoms with Gasteiger partial charge in [0.25, 0.3) is 0 Å². The van der Waals surface area contributed by atoms with Crippen LogP contribution in [0.4, 0.5) is 27.8 Å². The quantitative estimate of drug-likeness (QED) is 0.296. The molecule has 0 saturated carbocycles. The molecule has 0 fully saturated rings. The molecular weight excluding hydrogens is 336 g/mol. The number of hydrogen-bond acceptors (Lipinski definition) is 9. The average Bonchev–Trinajstić information content (AvgIpc) is 2.51. The van der Waals surface area contributed by atoms with E-state index in [1.807, 2.05) is 0 Å². The fraction of sp³-hybridized carbons (Fsp3) is 0.462. The number of hydrogen-bond donors (Lipinski definition) is 4. The summed E-state index contributed by atoms with van der Waals surface area (Å²) in [5.74, 6) is -0.939. The van der Waals surface area contributed by atoms with Crippen LogP contribution in [0, 0.1) is 10.1 Å². The normalized spacial score (nSPS) is 11.3. The second-order valence-corrected chi connectivity index (χ2v) is 4.73. The summed E-state index contributed by atoms with van der Waals surface area (Å²) in [5.41, 5.74) is 5.01. The van der Waals surface area contributed by atoms with E-state index in [1.165, 1.54) is 20.1 Å². The van der Waals surface area contributed by atoms with Gasteiger partial charge in [0.15, 0.2) is 0 Å². The number of carbonyl (C=O) groups excluding carboxylic acids is 2. The molecule has 25 heavy (non-hydrogen) atoms. The predicted octanol–water partition coefficient (Wildman–Crippen LogP) is 0.661. The molecule has 0 aliphatic carbocycles. The number of ether oxygens (including phenoxy) is 2. The van der Waals surface area contributed by atoms with Crippen LogP contribution in [-0.2, 0) is 14.3 Å². The topological polar surface area (TPSA) is 171 Å². The second kappa shape index (κ2) is 9.22. The minimum atomic E-state index is -0.842. The van der Waals surface area contributed by atoms with Gasteiger partial charge in [0.05, 0.1) is 11.5 Å². The number of nitro groups is 1. The smallest absolute Gasteiger partial charge is 0.412 e. The molecule has 0 bridgehead atoms. The molecule has 138 valence electrons. The van der Waals surface area contributed by atoms with Gasteiger partial charge in [-0.2, -0.15) is 0 Å². The number of rotatable bonds is 8. The van der Waals surface area contributed by atoms with E-state index in [2.05, 4.69) is 20.9 Å². The van der Waals surface area contributed by atoms with Gasteiger partial charge in [0.2, 0.25) is 11.7 Å². The van der Waals surface area contributed by atoms with E-state index >= 15 is 0 Å². The summed E-state index contributed by atoms with van der Waals surface area (Å²) in [5, 5.41) is 18.6. The molecule has 12 nitrogen and oxygen atoms in total. The highest BCUT2D eigenvalue weighted by atomic mass is 16.6. The predicted molar refractivity (Wildman–Crippen MR) is 89.1 cm³/mol. The lowest BCUT2D eigenvalue weighted by molar-refractivity contribution is -0.383. The van der Waals surface area contributed by atoms with Crippen LogP contribution in [0.15, 0.2) is 6.07 Å². The molecule has 0 unspecified atom stereocenters. The number of methoxy groups -OCH3 is 1. The highest BCUT2D eigenvalue weighted by molar-refractivity contribution is 5.89. The second-order valence-electron chi connectivity index (χ2n) is 4.73. The third-order valence-electron chi connectivity index (χ3n) is 2.86. The maximum atomic E-state index is 11.9. The Hall–Kier alpha value is -3.15. The fourth-order valence-electron chi connectivity index (χ4n) is 1.79. The summed E-state index contributed by atoms with van der Waals surface area (Å²) in [6.07, 6.45) is -0.792. The SMILES string of the molecule is CCOC(=O)Nc1cc(N[C@@H](C)C(=O)NCOC)c([N+](=O)[O-])c(N)n1. The van der Waals surface area contributed by atoms with E-state index in [9.17, 15) is 19.7 Å². The van der Waals surface area contributed by atoms with Gasteiger partial charge in [-0.3, -0.25) is 20.2 Å². The van der Waals surface area contributed by atoms with Crippen LogP contribution in [-0.4, -0.2) is 48.4 Å². The molecule has 1 atom stereocenters. The van der Waals surface area contributed by atoms with E-state index < -0.39 is 34.5 Å². The maximum Gasteiger partial charge on any atom is 0.412 e. The summed E-state index contributed by atoms with van der Waals surface area (Å²) >= 11 is 0. The van der Waals surface area contributed by atoms with Gasteiger partial charge < -0.3 is 25.8 Å². The Kier molecular flexibility index (Phi) is 7.34. The summed E-state index contributed by atoms with van der Waals surface area (Å²) in [6, 6.07) is 0.344. The van der Waals surface area contributed by atoms with E-state index in [0.29, 0.717) is 0 Å². The fourth-order valence-corrected chi connectivity index (χ4v) is 1.79. The molecule has 1 rings (SSSR count). The monoisotopic (exact) mass is 356 g/mol. The van der Waals surface area contributed by atoms with Gasteiger partial charge in [-0.25, -0.2) is 9.78 Å². The lowest BCUT2D eigenvalue weighted by Gasteiger charge is -2.16. The molecule has 1 heterocycles. The van der Waals surface area contributed by atoms with Gasteiger partial charge in [0, 0.05) is 13.2 Å². The molecule has 0 aliphatic heterocycles.